The van der Waals surface area contributed by atoms with Gasteiger partial charge in [-0.3, -0.25) is 4.79 Å². The van der Waals surface area contributed by atoms with Crippen LogP contribution < -0.4 is 4.74 Å². The zero-order chi connectivity index (χ0) is 14.5. The van der Waals surface area contributed by atoms with Crippen LogP contribution in [0.3, 0.4) is 0 Å². The van der Waals surface area contributed by atoms with Gasteiger partial charge in [-0.05, 0) is 31.1 Å². The summed E-state index contributed by atoms with van der Waals surface area (Å²) in [5.41, 5.74) is 3.75. The normalized spacial score (nSPS) is 10.1. The van der Waals surface area contributed by atoms with Gasteiger partial charge in [0.1, 0.15) is 12.4 Å². The van der Waals surface area contributed by atoms with Crippen molar-refractivity contribution in [3.05, 3.63) is 66.2 Å². The summed E-state index contributed by atoms with van der Waals surface area (Å²) in [7, 11) is 0. The lowest BCUT2D eigenvalue weighted by atomic mass is 10.0. The summed E-state index contributed by atoms with van der Waals surface area (Å²) in [4.78, 5) is 11.3. The van der Waals surface area contributed by atoms with Crippen molar-refractivity contribution in [2.75, 3.05) is 6.61 Å². The Morgan fingerprint density at radius 3 is 2.30 bits per heavy atom. The summed E-state index contributed by atoms with van der Waals surface area (Å²) >= 11 is 0. The fourth-order valence-electron chi connectivity index (χ4n) is 1.92. The monoisotopic (exact) mass is 266 g/mol. The van der Waals surface area contributed by atoms with Gasteiger partial charge in [0.2, 0.25) is 0 Å². The number of Topliss-reactive ketones (excluding diaryl/α,β-unsaturated/α-hetero) is 1. The number of hydrogen-bond donors (Lipinski definition) is 0. The number of benzene rings is 2. The van der Waals surface area contributed by atoms with E-state index >= 15 is 0 Å². The number of hydrogen-bond acceptors (Lipinski definition) is 2. The number of ketones is 1. The van der Waals surface area contributed by atoms with Crippen LogP contribution in [-0.4, -0.2) is 12.4 Å². The lowest BCUT2D eigenvalue weighted by molar-refractivity contribution is 0.101. The Morgan fingerprint density at radius 2 is 1.70 bits per heavy atom. The van der Waals surface area contributed by atoms with E-state index in [0.717, 1.165) is 22.4 Å². The van der Waals surface area contributed by atoms with Gasteiger partial charge in [-0.2, -0.15) is 0 Å². The first kappa shape index (κ1) is 14.1. The molecule has 0 N–H and O–H groups in total. The van der Waals surface area contributed by atoms with Crippen LogP contribution in [0.5, 0.6) is 5.75 Å². The molecule has 2 nitrogen and oxygen atoms in total. The SMILES string of the molecule is C=C(C)COc1ccccc1-c1ccc(C(C)=O)cc1. The van der Waals surface area contributed by atoms with Crippen LogP contribution >= 0.6 is 0 Å². The Kier molecular flexibility index (Phi) is 4.36. The molecule has 2 aromatic carbocycles. The average Bonchev–Trinajstić information content (AvgIpc) is 2.45. The molecular weight excluding hydrogens is 248 g/mol. The van der Waals surface area contributed by atoms with Crippen LogP contribution in [-0.2, 0) is 0 Å². The number of para-hydroxylation sites is 1. The number of carbonyl (C=O) groups is 1. The predicted octanol–water partition coefficient (Wildman–Crippen LogP) is 4.51. The van der Waals surface area contributed by atoms with E-state index in [1.54, 1.807) is 6.92 Å². The van der Waals surface area contributed by atoms with Crippen molar-refractivity contribution in [3.63, 3.8) is 0 Å². The van der Waals surface area contributed by atoms with Gasteiger partial charge in [-0.25, -0.2) is 0 Å². The predicted molar refractivity (Wildman–Crippen MR) is 82.2 cm³/mol. The smallest absolute Gasteiger partial charge is 0.159 e. The van der Waals surface area contributed by atoms with Gasteiger partial charge in [0, 0.05) is 11.1 Å². The van der Waals surface area contributed by atoms with E-state index in [2.05, 4.69) is 6.58 Å². The van der Waals surface area contributed by atoms with Crippen LogP contribution in [0, 0.1) is 0 Å². The van der Waals surface area contributed by atoms with Crippen LogP contribution in [0.4, 0.5) is 0 Å². The third-order valence-electron chi connectivity index (χ3n) is 2.96. The fourth-order valence-corrected chi connectivity index (χ4v) is 1.92. The van der Waals surface area contributed by atoms with E-state index in [9.17, 15) is 4.79 Å². The van der Waals surface area contributed by atoms with Gasteiger partial charge in [0.15, 0.2) is 5.78 Å². The molecule has 102 valence electrons. The first-order valence-corrected chi connectivity index (χ1v) is 6.55. The Hall–Kier alpha value is -2.35. The van der Waals surface area contributed by atoms with Crippen molar-refractivity contribution in [3.8, 4) is 16.9 Å². The largest absolute Gasteiger partial charge is 0.489 e. The Morgan fingerprint density at radius 1 is 1.05 bits per heavy atom. The van der Waals surface area contributed by atoms with Crippen molar-refractivity contribution >= 4 is 5.78 Å². The molecule has 20 heavy (non-hydrogen) atoms. The molecule has 0 unspecified atom stereocenters. The third-order valence-corrected chi connectivity index (χ3v) is 2.96. The molecule has 0 aliphatic rings. The average molecular weight is 266 g/mol. The molecule has 2 aromatic rings. The maximum absolute atomic E-state index is 11.3. The Labute approximate surface area is 119 Å². The minimum absolute atomic E-state index is 0.0726. The van der Waals surface area contributed by atoms with Gasteiger partial charge >= 0.3 is 0 Å². The van der Waals surface area contributed by atoms with Crippen molar-refractivity contribution in [2.24, 2.45) is 0 Å². The standard InChI is InChI=1S/C18H18O2/c1-13(2)12-20-18-7-5-4-6-17(18)16-10-8-15(9-11-16)14(3)19/h4-11H,1,12H2,2-3H3. The summed E-state index contributed by atoms with van der Waals surface area (Å²) < 4.78 is 5.76. The second-order valence-electron chi connectivity index (χ2n) is 4.88. The molecule has 0 radical (unpaired) electrons. The van der Waals surface area contributed by atoms with Gasteiger partial charge in [0.25, 0.3) is 0 Å². The van der Waals surface area contributed by atoms with Crippen molar-refractivity contribution in [1.29, 1.82) is 0 Å². The molecule has 0 bridgehead atoms. The van der Waals surface area contributed by atoms with Gasteiger partial charge in [-0.15, -0.1) is 0 Å². The summed E-state index contributed by atoms with van der Waals surface area (Å²) in [5.74, 6) is 0.898. The van der Waals surface area contributed by atoms with Crippen LogP contribution in [0.25, 0.3) is 11.1 Å². The Balaban J connectivity index is 2.31. The molecule has 0 fully saturated rings. The topological polar surface area (TPSA) is 26.3 Å². The lowest BCUT2D eigenvalue weighted by Gasteiger charge is -2.11. The van der Waals surface area contributed by atoms with E-state index < -0.39 is 0 Å². The summed E-state index contributed by atoms with van der Waals surface area (Å²) in [6.07, 6.45) is 0. The van der Waals surface area contributed by atoms with Crippen LogP contribution in [0.15, 0.2) is 60.7 Å². The van der Waals surface area contributed by atoms with Crippen molar-refractivity contribution in [1.82, 2.24) is 0 Å². The van der Waals surface area contributed by atoms with E-state index in [1.165, 1.54) is 0 Å². The third kappa shape index (κ3) is 3.35. The zero-order valence-corrected chi connectivity index (χ0v) is 11.8. The highest BCUT2D eigenvalue weighted by molar-refractivity contribution is 5.94. The van der Waals surface area contributed by atoms with E-state index in [4.69, 9.17) is 4.74 Å². The van der Waals surface area contributed by atoms with Crippen molar-refractivity contribution in [2.45, 2.75) is 13.8 Å². The summed E-state index contributed by atoms with van der Waals surface area (Å²) in [6, 6.07) is 15.4. The van der Waals surface area contributed by atoms with Crippen molar-refractivity contribution < 1.29 is 9.53 Å². The van der Waals surface area contributed by atoms with E-state index in [-0.39, 0.29) is 5.78 Å². The molecular formula is C18H18O2. The number of carbonyl (C=O) groups excluding carboxylic acids is 1. The molecule has 2 rings (SSSR count). The molecule has 0 spiro atoms. The zero-order valence-electron chi connectivity index (χ0n) is 11.8. The molecule has 0 heterocycles. The number of rotatable bonds is 5. The second-order valence-corrected chi connectivity index (χ2v) is 4.88. The highest BCUT2D eigenvalue weighted by Crippen LogP contribution is 2.30. The minimum Gasteiger partial charge on any atom is -0.489 e. The first-order valence-electron chi connectivity index (χ1n) is 6.55. The summed E-state index contributed by atoms with van der Waals surface area (Å²) in [5, 5.41) is 0. The lowest BCUT2D eigenvalue weighted by Crippen LogP contribution is -1.99. The van der Waals surface area contributed by atoms with Crippen LogP contribution in [0.2, 0.25) is 0 Å². The molecule has 0 amide bonds. The quantitative estimate of drug-likeness (QED) is 0.588. The van der Waals surface area contributed by atoms with E-state index in [0.29, 0.717) is 12.2 Å². The highest BCUT2D eigenvalue weighted by atomic mass is 16.5. The minimum atomic E-state index is 0.0726. The maximum Gasteiger partial charge on any atom is 0.159 e. The van der Waals surface area contributed by atoms with Gasteiger partial charge in [-0.1, -0.05) is 49.0 Å². The summed E-state index contributed by atoms with van der Waals surface area (Å²) in [6.45, 7) is 7.85. The first-order chi connectivity index (χ1) is 9.58. The fraction of sp³-hybridized carbons (Fsp3) is 0.167. The van der Waals surface area contributed by atoms with Crippen LogP contribution in [0.1, 0.15) is 24.2 Å². The molecule has 0 saturated carbocycles. The molecule has 0 saturated heterocycles. The van der Waals surface area contributed by atoms with Gasteiger partial charge < -0.3 is 4.74 Å². The van der Waals surface area contributed by atoms with E-state index in [1.807, 2.05) is 55.5 Å². The maximum atomic E-state index is 11.3. The molecule has 0 aliphatic carbocycles. The highest BCUT2D eigenvalue weighted by Gasteiger charge is 2.06. The molecule has 0 aromatic heterocycles. The van der Waals surface area contributed by atoms with Gasteiger partial charge in [0.05, 0.1) is 0 Å². The molecule has 0 atom stereocenters. The molecule has 2 heteroatoms. The Bertz CT molecular complexity index is 624. The number of ether oxygens (including phenoxy) is 1. The molecule has 0 aliphatic heterocycles. The second kappa shape index (κ2) is 6.20.